The summed E-state index contributed by atoms with van der Waals surface area (Å²) >= 11 is 0. The maximum Gasteiger partial charge on any atom is 0.259 e. The molecule has 0 bridgehead atoms. The molecular weight excluding hydrogens is 142 g/mol. The minimum Gasteiger partial charge on any atom is -0.328 e. The summed E-state index contributed by atoms with van der Waals surface area (Å²) in [5.74, 6) is -0.355. The number of aromatic nitrogens is 1. The van der Waals surface area contributed by atoms with Crippen molar-refractivity contribution in [3.8, 4) is 0 Å². The van der Waals surface area contributed by atoms with Crippen LogP contribution in [0.5, 0.6) is 0 Å². The van der Waals surface area contributed by atoms with Gasteiger partial charge in [0.15, 0.2) is 5.78 Å². The van der Waals surface area contributed by atoms with Gasteiger partial charge in [-0.3, -0.25) is 9.59 Å². The monoisotopic (exact) mass is 149 g/mol. The van der Waals surface area contributed by atoms with E-state index in [0.717, 1.165) is 6.08 Å². The van der Waals surface area contributed by atoms with Crippen LogP contribution in [0.4, 0.5) is 0 Å². The Morgan fingerprint density at radius 2 is 2.36 bits per heavy atom. The number of carbonyl (C=O) groups excluding carboxylic acids is 1. The van der Waals surface area contributed by atoms with Gasteiger partial charge in [0.05, 0.1) is 5.56 Å². The van der Waals surface area contributed by atoms with Crippen LogP contribution < -0.4 is 5.56 Å². The number of pyridine rings is 1. The minimum absolute atomic E-state index is 0.127. The van der Waals surface area contributed by atoms with E-state index >= 15 is 0 Å². The highest BCUT2D eigenvalue weighted by Gasteiger charge is 2.03. The summed E-state index contributed by atoms with van der Waals surface area (Å²) in [5.41, 5.74) is -0.250. The molecule has 1 rings (SSSR count). The fourth-order valence-corrected chi connectivity index (χ4v) is 0.726. The SMILES string of the molecule is C=CC(=O)c1ccc[nH]c1=O. The Balaban J connectivity index is 3.24. The summed E-state index contributed by atoms with van der Waals surface area (Å²) in [7, 11) is 0. The summed E-state index contributed by atoms with van der Waals surface area (Å²) < 4.78 is 0. The van der Waals surface area contributed by atoms with Crippen LogP contribution in [0.3, 0.4) is 0 Å². The maximum atomic E-state index is 10.9. The molecule has 0 saturated carbocycles. The zero-order chi connectivity index (χ0) is 8.27. The third-order valence-electron chi connectivity index (χ3n) is 1.27. The van der Waals surface area contributed by atoms with E-state index in [1.165, 1.54) is 12.3 Å². The first-order valence-corrected chi connectivity index (χ1v) is 3.10. The fraction of sp³-hybridized carbons (Fsp3) is 0. The van der Waals surface area contributed by atoms with Crippen LogP contribution in [0.15, 0.2) is 35.8 Å². The summed E-state index contributed by atoms with van der Waals surface area (Å²) in [6.45, 7) is 3.28. The molecule has 0 atom stereocenters. The summed E-state index contributed by atoms with van der Waals surface area (Å²) in [6.07, 6.45) is 2.59. The highest BCUT2D eigenvalue weighted by Crippen LogP contribution is 1.90. The molecule has 0 aromatic carbocycles. The number of hydrogen-bond acceptors (Lipinski definition) is 2. The molecule has 0 radical (unpaired) electrons. The molecule has 0 fully saturated rings. The Labute approximate surface area is 63.4 Å². The van der Waals surface area contributed by atoms with Crippen molar-refractivity contribution in [1.29, 1.82) is 0 Å². The van der Waals surface area contributed by atoms with Crippen molar-refractivity contribution < 1.29 is 4.79 Å². The first kappa shape index (κ1) is 7.47. The van der Waals surface area contributed by atoms with Crippen LogP contribution in [0.1, 0.15) is 10.4 Å². The van der Waals surface area contributed by atoms with E-state index in [0.29, 0.717) is 0 Å². The number of hydrogen-bond donors (Lipinski definition) is 1. The Bertz CT molecular complexity index is 338. The van der Waals surface area contributed by atoms with E-state index in [9.17, 15) is 9.59 Å². The minimum atomic E-state index is -0.377. The molecule has 1 N–H and O–H groups in total. The molecule has 1 aromatic rings. The van der Waals surface area contributed by atoms with Gasteiger partial charge in [-0.25, -0.2) is 0 Å². The average molecular weight is 149 g/mol. The fourth-order valence-electron chi connectivity index (χ4n) is 0.726. The molecule has 0 spiro atoms. The third kappa shape index (κ3) is 1.43. The zero-order valence-electron chi connectivity index (χ0n) is 5.83. The van der Waals surface area contributed by atoms with E-state index in [2.05, 4.69) is 11.6 Å². The quantitative estimate of drug-likeness (QED) is 0.498. The van der Waals surface area contributed by atoms with Gasteiger partial charge in [-0.05, 0) is 18.2 Å². The predicted molar refractivity (Wildman–Crippen MR) is 41.6 cm³/mol. The highest BCUT2D eigenvalue weighted by atomic mass is 16.1. The summed E-state index contributed by atoms with van der Waals surface area (Å²) in [5, 5.41) is 0. The maximum absolute atomic E-state index is 10.9. The number of nitrogens with one attached hydrogen (secondary N) is 1. The van der Waals surface area contributed by atoms with Crippen LogP contribution >= 0.6 is 0 Å². The summed E-state index contributed by atoms with van der Waals surface area (Å²) in [6, 6.07) is 3.06. The van der Waals surface area contributed by atoms with Gasteiger partial charge in [0.25, 0.3) is 5.56 Å². The Morgan fingerprint density at radius 1 is 1.64 bits per heavy atom. The topological polar surface area (TPSA) is 49.9 Å². The lowest BCUT2D eigenvalue weighted by atomic mass is 10.2. The third-order valence-corrected chi connectivity index (χ3v) is 1.27. The van der Waals surface area contributed by atoms with Crippen molar-refractivity contribution in [2.45, 2.75) is 0 Å². The van der Waals surface area contributed by atoms with E-state index in [1.807, 2.05) is 0 Å². The van der Waals surface area contributed by atoms with Gasteiger partial charge in [-0.15, -0.1) is 0 Å². The molecule has 0 amide bonds. The van der Waals surface area contributed by atoms with Gasteiger partial charge >= 0.3 is 0 Å². The predicted octanol–water partition coefficient (Wildman–Crippen LogP) is 0.744. The highest BCUT2D eigenvalue weighted by molar-refractivity contribution is 6.03. The second-order valence-corrected chi connectivity index (χ2v) is 1.98. The second kappa shape index (κ2) is 2.96. The van der Waals surface area contributed by atoms with Crippen molar-refractivity contribution in [3.63, 3.8) is 0 Å². The van der Waals surface area contributed by atoms with Crippen molar-refractivity contribution in [2.75, 3.05) is 0 Å². The van der Waals surface area contributed by atoms with Crippen molar-refractivity contribution >= 4 is 5.78 Å². The van der Waals surface area contributed by atoms with Crippen LogP contribution in [-0.2, 0) is 0 Å². The number of ketones is 1. The lowest BCUT2D eigenvalue weighted by Crippen LogP contribution is -2.14. The van der Waals surface area contributed by atoms with Gasteiger partial charge in [0.2, 0.25) is 0 Å². The molecule has 0 aliphatic heterocycles. The average Bonchev–Trinajstić information content (AvgIpc) is 2.04. The number of rotatable bonds is 2. The molecule has 1 aromatic heterocycles. The van der Waals surface area contributed by atoms with Crippen LogP contribution in [0.25, 0.3) is 0 Å². The van der Waals surface area contributed by atoms with Gasteiger partial charge in [-0.2, -0.15) is 0 Å². The van der Waals surface area contributed by atoms with Crippen LogP contribution in [-0.4, -0.2) is 10.8 Å². The molecule has 3 heteroatoms. The molecule has 0 aliphatic carbocycles. The number of H-pyrrole nitrogens is 1. The Kier molecular flexibility index (Phi) is 2.01. The molecule has 11 heavy (non-hydrogen) atoms. The largest absolute Gasteiger partial charge is 0.328 e. The van der Waals surface area contributed by atoms with E-state index in [1.54, 1.807) is 6.07 Å². The van der Waals surface area contributed by atoms with Crippen LogP contribution in [0.2, 0.25) is 0 Å². The lowest BCUT2D eigenvalue weighted by molar-refractivity contribution is 0.104. The van der Waals surface area contributed by atoms with Crippen molar-refractivity contribution in [1.82, 2.24) is 4.98 Å². The molecule has 0 unspecified atom stereocenters. The first-order chi connectivity index (χ1) is 5.25. The summed E-state index contributed by atoms with van der Waals surface area (Å²) in [4.78, 5) is 24.2. The normalized spacial score (nSPS) is 9.09. The number of allylic oxidation sites excluding steroid dienone is 1. The lowest BCUT2D eigenvalue weighted by Gasteiger charge is -1.90. The van der Waals surface area contributed by atoms with E-state index in [-0.39, 0.29) is 16.9 Å². The first-order valence-electron chi connectivity index (χ1n) is 3.10. The Hall–Kier alpha value is -1.64. The smallest absolute Gasteiger partial charge is 0.259 e. The number of aromatic amines is 1. The van der Waals surface area contributed by atoms with Gasteiger partial charge in [-0.1, -0.05) is 6.58 Å². The standard InChI is InChI=1S/C8H7NO2/c1-2-7(10)6-4-3-5-9-8(6)11/h2-5H,1H2,(H,9,11). The molecule has 1 heterocycles. The van der Waals surface area contributed by atoms with Gasteiger partial charge in [0.1, 0.15) is 0 Å². The molecule has 0 aliphatic rings. The van der Waals surface area contributed by atoms with Crippen LogP contribution in [0, 0.1) is 0 Å². The Morgan fingerprint density at radius 3 is 2.91 bits per heavy atom. The van der Waals surface area contributed by atoms with Crippen molar-refractivity contribution in [2.24, 2.45) is 0 Å². The number of carbonyl (C=O) groups is 1. The second-order valence-electron chi connectivity index (χ2n) is 1.98. The van der Waals surface area contributed by atoms with Gasteiger partial charge in [0, 0.05) is 6.20 Å². The van der Waals surface area contributed by atoms with E-state index in [4.69, 9.17) is 0 Å². The molecular formula is C8H7NO2. The zero-order valence-corrected chi connectivity index (χ0v) is 5.83. The molecule has 0 saturated heterocycles. The van der Waals surface area contributed by atoms with E-state index < -0.39 is 0 Å². The molecule has 56 valence electrons. The van der Waals surface area contributed by atoms with Crippen molar-refractivity contribution in [3.05, 3.63) is 46.9 Å². The van der Waals surface area contributed by atoms with Gasteiger partial charge < -0.3 is 4.98 Å². The molecule has 3 nitrogen and oxygen atoms in total.